The zero-order valence-corrected chi connectivity index (χ0v) is 17.4. The molecule has 5 rings (SSSR count). The molecule has 2 bridgehead atoms. The SMILES string of the molecule is C=CCNC(=O)O[C@H](c1ccnc2ccc(OC)cc12)[C@@H]1C[C@@H]2CCN1C[C@@H]2C=C. The average molecular weight is 408 g/mol. The molecule has 0 aliphatic carbocycles. The summed E-state index contributed by atoms with van der Waals surface area (Å²) in [6.45, 7) is 10.0. The first kappa shape index (κ1) is 20.4. The summed E-state index contributed by atoms with van der Waals surface area (Å²) in [4.78, 5) is 19.5. The van der Waals surface area contributed by atoms with Crippen molar-refractivity contribution in [2.75, 3.05) is 26.7 Å². The van der Waals surface area contributed by atoms with E-state index in [9.17, 15) is 4.79 Å². The zero-order valence-electron chi connectivity index (χ0n) is 17.4. The fourth-order valence-electron chi connectivity index (χ4n) is 4.88. The van der Waals surface area contributed by atoms with E-state index >= 15 is 0 Å². The second-order valence-corrected chi connectivity index (χ2v) is 8.03. The number of aromatic nitrogens is 1. The fourth-order valence-corrected chi connectivity index (χ4v) is 4.88. The number of piperidine rings is 3. The van der Waals surface area contributed by atoms with Gasteiger partial charge in [0.05, 0.1) is 18.7 Å². The maximum atomic E-state index is 12.6. The Bertz CT molecular complexity index is 944. The number of nitrogens with zero attached hydrogens (tertiary/aromatic N) is 2. The maximum Gasteiger partial charge on any atom is 0.408 e. The lowest BCUT2D eigenvalue weighted by Crippen LogP contribution is -2.55. The minimum Gasteiger partial charge on any atom is -0.497 e. The molecular weight excluding hydrogens is 378 g/mol. The van der Waals surface area contributed by atoms with Gasteiger partial charge in [-0.15, -0.1) is 13.2 Å². The predicted octanol–water partition coefficient (Wildman–Crippen LogP) is 4.09. The van der Waals surface area contributed by atoms with E-state index in [4.69, 9.17) is 9.47 Å². The van der Waals surface area contributed by atoms with E-state index < -0.39 is 12.2 Å². The highest BCUT2D eigenvalue weighted by atomic mass is 16.6. The van der Waals surface area contributed by atoms with Crippen molar-refractivity contribution in [3.8, 4) is 5.75 Å². The van der Waals surface area contributed by atoms with Crippen LogP contribution in [0.15, 0.2) is 55.8 Å². The van der Waals surface area contributed by atoms with Crippen LogP contribution in [0, 0.1) is 11.8 Å². The topological polar surface area (TPSA) is 63.7 Å². The molecular formula is C24H29N3O3. The Balaban J connectivity index is 1.73. The third-order valence-corrected chi connectivity index (χ3v) is 6.42. The molecule has 3 aliphatic heterocycles. The Hall–Kier alpha value is -2.86. The van der Waals surface area contributed by atoms with Gasteiger partial charge >= 0.3 is 6.09 Å². The molecule has 5 atom stereocenters. The number of hydrogen-bond acceptors (Lipinski definition) is 5. The van der Waals surface area contributed by atoms with Gasteiger partial charge in [-0.25, -0.2) is 4.79 Å². The van der Waals surface area contributed by atoms with Crippen molar-refractivity contribution in [2.24, 2.45) is 11.8 Å². The highest BCUT2D eigenvalue weighted by Gasteiger charge is 2.44. The maximum absolute atomic E-state index is 12.6. The summed E-state index contributed by atoms with van der Waals surface area (Å²) in [5.41, 5.74) is 1.81. The number of pyridine rings is 1. The molecule has 158 valence electrons. The van der Waals surface area contributed by atoms with Gasteiger partial charge in [0.2, 0.25) is 0 Å². The molecule has 3 fully saturated rings. The quantitative estimate of drug-likeness (QED) is 0.701. The Kier molecular flexibility index (Phi) is 6.04. The number of nitrogens with one attached hydrogen (secondary N) is 1. The van der Waals surface area contributed by atoms with Crippen molar-refractivity contribution in [2.45, 2.75) is 25.0 Å². The van der Waals surface area contributed by atoms with Crippen LogP contribution in [0.3, 0.4) is 0 Å². The van der Waals surface area contributed by atoms with Gasteiger partial charge in [-0.1, -0.05) is 12.2 Å². The van der Waals surface area contributed by atoms with Gasteiger partial charge in [0, 0.05) is 30.2 Å². The van der Waals surface area contributed by atoms with Crippen molar-refractivity contribution in [1.82, 2.24) is 15.2 Å². The number of carbonyl (C=O) groups is 1. The lowest BCUT2D eigenvalue weighted by atomic mass is 9.73. The number of methoxy groups -OCH3 is 1. The van der Waals surface area contributed by atoms with Crippen molar-refractivity contribution in [3.05, 3.63) is 61.3 Å². The van der Waals surface area contributed by atoms with Crippen LogP contribution in [-0.4, -0.2) is 48.8 Å². The molecule has 6 nitrogen and oxygen atoms in total. The summed E-state index contributed by atoms with van der Waals surface area (Å²) >= 11 is 0. The van der Waals surface area contributed by atoms with Gasteiger partial charge in [-0.05, 0) is 55.5 Å². The molecule has 1 amide bonds. The second-order valence-electron chi connectivity index (χ2n) is 8.03. The van der Waals surface area contributed by atoms with E-state index in [0.29, 0.717) is 18.4 Å². The van der Waals surface area contributed by atoms with Gasteiger partial charge in [0.15, 0.2) is 0 Å². The van der Waals surface area contributed by atoms with E-state index in [1.54, 1.807) is 19.4 Å². The molecule has 0 radical (unpaired) electrons. The van der Waals surface area contributed by atoms with Crippen molar-refractivity contribution < 1.29 is 14.3 Å². The minimum absolute atomic E-state index is 0.117. The lowest BCUT2D eigenvalue weighted by molar-refractivity contribution is -0.0496. The molecule has 0 spiro atoms. The Morgan fingerprint density at radius 1 is 1.40 bits per heavy atom. The molecule has 1 aromatic heterocycles. The van der Waals surface area contributed by atoms with E-state index in [0.717, 1.165) is 48.1 Å². The van der Waals surface area contributed by atoms with Gasteiger partial charge in [-0.2, -0.15) is 0 Å². The molecule has 0 saturated carbocycles. The Morgan fingerprint density at radius 2 is 2.27 bits per heavy atom. The number of carbonyl (C=O) groups excluding carboxylic acids is 1. The largest absolute Gasteiger partial charge is 0.497 e. The molecule has 30 heavy (non-hydrogen) atoms. The van der Waals surface area contributed by atoms with Crippen LogP contribution in [0.5, 0.6) is 5.75 Å². The first-order chi connectivity index (χ1) is 14.6. The number of hydrogen-bond donors (Lipinski definition) is 1. The number of ether oxygens (including phenoxy) is 2. The summed E-state index contributed by atoms with van der Waals surface area (Å²) in [6.07, 6.45) is 6.80. The van der Waals surface area contributed by atoms with Gasteiger partial charge in [0.1, 0.15) is 11.9 Å². The fraction of sp³-hybridized carbons (Fsp3) is 0.417. The standard InChI is InChI=1S/C24H29N3O3/c1-4-10-26-24(28)30-23(22-13-17-9-12-27(22)15-16(17)5-2)19-8-11-25-21-7-6-18(29-3)14-20(19)21/h4-8,11,14,16-17,22-23H,1-2,9-10,12-13,15H2,3H3,(H,26,28)/t16-,17-,22-,23+/m0/s1. The average Bonchev–Trinajstić information content (AvgIpc) is 2.80. The number of rotatable bonds is 7. The third kappa shape index (κ3) is 3.92. The van der Waals surface area contributed by atoms with Crippen molar-refractivity contribution >= 4 is 17.0 Å². The summed E-state index contributed by atoms with van der Waals surface area (Å²) < 4.78 is 11.5. The molecule has 4 heterocycles. The van der Waals surface area contributed by atoms with Gasteiger partial charge in [0.25, 0.3) is 0 Å². The minimum atomic E-state index is -0.435. The summed E-state index contributed by atoms with van der Waals surface area (Å²) in [5.74, 6) is 1.82. The molecule has 2 aromatic rings. The van der Waals surface area contributed by atoms with E-state index in [2.05, 4.69) is 34.4 Å². The first-order valence-electron chi connectivity index (χ1n) is 10.5. The lowest BCUT2D eigenvalue weighted by Gasteiger charge is -2.51. The van der Waals surface area contributed by atoms with Crippen molar-refractivity contribution in [1.29, 1.82) is 0 Å². The van der Waals surface area contributed by atoms with Crippen LogP contribution in [0.4, 0.5) is 4.79 Å². The van der Waals surface area contributed by atoms with E-state index in [1.807, 2.05) is 24.3 Å². The van der Waals surface area contributed by atoms with E-state index in [1.165, 1.54) is 0 Å². The zero-order chi connectivity index (χ0) is 21.1. The molecule has 6 heteroatoms. The predicted molar refractivity (Wildman–Crippen MR) is 117 cm³/mol. The number of benzene rings is 1. The number of alkyl carbamates (subject to hydrolysis) is 1. The highest BCUT2D eigenvalue weighted by Crippen LogP contribution is 2.43. The summed E-state index contributed by atoms with van der Waals surface area (Å²) in [5, 5.41) is 3.70. The van der Waals surface area contributed by atoms with Crippen LogP contribution in [0.25, 0.3) is 10.9 Å². The van der Waals surface area contributed by atoms with Crippen LogP contribution in [0.1, 0.15) is 24.5 Å². The van der Waals surface area contributed by atoms with Gasteiger partial charge in [-0.3, -0.25) is 9.88 Å². The number of fused-ring (bicyclic) bond motifs is 4. The van der Waals surface area contributed by atoms with Crippen LogP contribution in [-0.2, 0) is 4.74 Å². The second kappa shape index (κ2) is 8.88. The Labute approximate surface area is 177 Å². The van der Waals surface area contributed by atoms with Crippen LogP contribution >= 0.6 is 0 Å². The van der Waals surface area contributed by atoms with Crippen LogP contribution in [0.2, 0.25) is 0 Å². The molecule has 1 aromatic carbocycles. The van der Waals surface area contributed by atoms with Crippen LogP contribution < -0.4 is 10.1 Å². The molecule has 1 unspecified atom stereocenters. The third-order valence-electron chi connectivity index (χ3n) is 6.42. The monoisotopic (exact) mass is 407 g/mol. The smallest absolute Gasteiger partial charge is 0.408 e. The first-order valence-corrected chi connectivity index (χ1v) is 10.5. The molecule has 3 saturated heterocycles. The molecule has 3 aliphatic rings. The highest BCUT2D eigenvalue weighted by molar-refractivity contribution is 5.84. The number of amides is 1. The van der Waals surface area contributed by atoms with Gasteiger partial charge < -0.3 is 14.8 Å². The molecule has 1 N–H and O–H groups in total. The summed E-state index contributed by atoms with van der Waals surface area (Å²) in [7, 11) is 1.65. The Morgan fingerprint density at radius 3 is 2.97 bits per heavy atom. The normalized spacial score (nSPS) is 26.0. The summed E-state index contributed by atoms with van der Waals surface area (Å²) in [6, 6.07) is 7.88. The van der Waals surface area contributed by atoms with E-state index in [-0.39, 0.29) is 6.04 Å². The van der Waals surface area contributed by atoms with Crippen molar-refractivity contribution in [3.63, 3.8) is 0 Å².